The molecule has 3 aromatic heterocycles. The summed E-state index contributed by atoms with van der Waals surface area (Å²) in [7, 11) is 0. The third kappa shape index (κ3) is 2.82. The van der Waals surface area contributed by atoms with Crippen molar-refractivity contribution in [3.63, 3.8) is 0 Å². The standard InChI is InChI=1S/C18H18N5/c1-14-10-20-23(13-14)18-6-4-5-17(21-18)15-9-16(12-19-11-15)22-7-2-3-8-22/h4-6,9-10,12-13H,2-3,7-8H2,1H3. The lowest BCUT2D eigenvalue weighted by molar-refractivity contribution is 0.848. The summed E-state index contributed by atoms with van der Waals surface area (Å²) in [4.78, 5) is 11.4. The molecular weight excluding hydrogens is 286 g/mol. The van der Waals surface area contributed by atoms with E-state index in [-0.39, 0.29) is 0 Å². The second kappa shape index (κ2) is 5.83. The number of nitrogens with zero attached hydrogens (tertiary/aromatic N) is 5. The lowest BCUT2D eigenvalue weighted by Crippen LogP contribution is -2.17. The Morgan fingerprint density at radius 2 is 2.00 bits per heavy atom. The maximum atomic E-state index is 4.70. The Labute approximate surface area is 135 Å². The molecule has 0 unspecified atom stereocenters. The maximum Gasteiger partial charge on any atom is 0.153 e. The van der Waals surface area contributed by atoms with Crippen LogP contribution in [0.2, 0.25) is 0 Å². The van der Waals surface area contributed by atoms with Crippen LogP contribution in [0.5, 0.6) is 0 Å². The Morgan fingerprint density at radius 1 is 1.13 bits per heavy atom. The van der Waals surface area contributed by atoms with Gasteiger partial charge in [0.2, 0.25) is 0 Å². The van der Waals surface area contributed by atoms with Crippen molar-refractivity contribution in [1.29, 1.82) is 0 Å². The van der Waals surface area contributed by atoms with Crippen LogP contribution >= 0.6 is 0 Å². The number of rotatable bonds is 3. The minimum Gasteiger partial charge on any atom is -0.370 e. The normalized spacial score (nSPS) is 14.4. The number of aromatic nitrogens is 4. The SMILES string of the molecule is Cc1cnn(-c2cccc(-c3[c]ncc(N4CCCC4)c3)n2)c1. The molecule has 0 spiro atoms. The zero-order valence-corrected chi connectivity index (χ0v) is 13.1. The van der Waals surface area contributed by atoms with Gasteiger partial charge in [-0.3, -0.25) is 4.98 Å². The Balaban J connectivity index is 1.69. The Morgan fingerprint density at radius 3 is 2.78 bits per heavy atom. The molecule has 0 saturated carbocycles. The van der Waals surface area contributed by atoms with Gasteiger partial charge in [-0.15, -0.1) is 0 Å². The summed E-state index contributed by atoms with van der Waals surface area (Å²) in [6, 6.07) is 8.05. The van der Waals surface area contributed by atoms with E-state index >= 15 is 0 Å². The highest BCUT2D eigenvalue weighted by Crippen LogP contribution is 2.25. The topological polar surface area (TPSA) is 46.8 Å². The van der Waals surface area contributed by atoms with Crippen LogP contribution < -0.4 is 4.90 Å². The van der Waals surface area contributed by atoms with Crippen molar-refractivity contribution in [2.45, 2.75) is 19.8 Å². The van der Waals surface area contributed by atoms with E-state index in [1.165, 1.54) is 12.8 Å². The molecule has 0 aliphatic carbocycles. The summed E-state index contributed by atoms with van der Waals surface area (Å²) < 4.78 is 1.79. The summed E-state index contributed by atoms with van der Waals surface area (Å²) >= 11 is 0. The maximum absolute atomic E-state index is 4.70. The molecule has 1 radical (unpaired) electrons. The van der Waals surface area contributed by atoms with E-state index in [4.69, 9.17) is 4.98 Å². The summed E-state index contributed by atoms with van der Waals surface area (Å²) in [6.07, 6.45) is 11.2. The molecule has 4 rings (SSSR count). The van der Waals surface area contributed by atoms with Crippen LogP contribution in [0.25, 0.3) is 17.1 Å². The molecule has 0 N–H and O–H groups in total. The molecule has 115 valence electrons. The average molecular weight is 304 g/mol. The van der Waals surface area contributed by atoms with Gasteiger partial charge in [0.1, 0.15) is 0 Å². The number of aryl methyl sites for hydroxylation is 1. The highest BCUT2D eigenvalue weighted by Gasteiger charge is 2.14. The van der Waals surface area contributed by atoms with Crippen molar-refractivity contribution in [1.82, 2.24) is 19.7 Å². The highest BCUT2D eigenvalue weighted by molar-refractivity contribution is 5.64. The summed E-state index contributed by atoms with van der Waals surface area (Å²) in [5, 5.41) is 4.32. The van der Waals surface area contributed by atoms with Gasteiger partial charge in [-0.05, 0) is 43.5 Å². The lowest BCUT2D eigenvalue weighted by atomic mass is 10.1. The molecule has 3 aromatic rings. The monoisotopic (exact) mass is 304 g/mol. The van der Waals surface area contributed by atoms with E-state index in [2.05, 4.69) is 27.2 Å². The van der Waals surface area contributed by atoms with Gasteiger partial charge in [-0.1, -0.05) is 6.07 Å². The summed E-state index contributed by atoms with van der Waals surface area (Å²) in [6.45, 7) is 4.22. The molecule has 0 atom stereocenters. The predicted octanol–water partition coefficient (Wildman–Crippen LogP) is 3.04. The van der Waals surface area contributed by atoms with Crippen LogP contribution in [0.4, 0.5) is 5.69 Å². The first kappa shape index (κ1) is 13.9. The number of pyridine rings is 2. The van der Waals surface area contributed by atoms with E-state index in [1.54, 1.807) is 4.68 Å². The molecule has 1 aliphatic rings. The van der Waals surface area contributed by atoms with Crippen LogP contribution in [0.3, 0.4) is 0 Å². The minimum atomic E-state index is 0.801. The predicted molar refractivity (Wildman–Crippen MR) is 89.6 cm³/mol. The first-order valence-corrected chi connectivity index (χ1v) is 7.91. The molecule has 0 amide bonds. The number of hydrogen-bond acceptors (Lipinski definition) is 4. The molecule has 0 bridgehead atoms. The number of anilines is 1. The Bertz CT molecular complexity index is 818. The second-order valence-corrected chi connectivity index (χ2v) is 5.89. The average Bonchev–Trinajstić information content (AvgIpc) is 3.27. The molecule has 1 fully saturated rings. The van der Waals surface area contributed by atoms with E-state index in [1.807, 2.05) is 43.7 Å². The van der Waals surface area contributed by atoms with Crippen LogP contribution in [-0.4, -0.2) is 32.8 Å². The van der Waals surface area contributed by atoms with Gasteiger partial charge in [0.25, 0.3) is 0 Å². The van der Waals surface area contributed by atoms with Gasteiger partial charge in [-0.25, -0.2) is 9.67 Å². The quantitative estimate of drug-likeness (QED) is 0.746. The Kier molecular flexibility index (Phi) is 3.54. The molecule has 5 heteroatoms. The molecule has 4 heterocycles. The third-order valence-electron chi connectivity index (χ3n) is 4.10. The van der Waals surface area contributed by atoms with Crippen LogP contribution in [0, 0.1) is 13.1 Å². The summed E-state index contributed by atoms with van der Waals surface area (Å²) in [5.74, 6) is 0.801. The van der Waals surface area contributed by atoms with Crippen LogP contribution in [0.1, 0.15) is 18.4 Å². The molecule has 0 aromatic carbocycles. The Hall–Kier alpha value is -2.69. The van der Waals surface area contributed by atoms with E-state index in [0.717, 1.165) is 41.4 Å². The zero-order valence-electron chi connectivity index (χ0n) is 13.1. The third-order valence-corrected chi connectivity index (χ3v) is 4.10. The van der Waals surface area contributed by atoms with Crippen LogP contribution in [-0.2, 0) is 0 Å². The van der Waals surface area contributed by atoms with E-state index in [0.29, 0.717) is 0 Å². The van der Waals surface area contributed by atoms with E-state index < -0.39 is 0 Å². The molecule has 5 nitrogen and oxygen atoms in total. The van der Waals surface area contributed by atoms with Gasteiger partial charge >= 0.3 is 0 Å². The first-order chi connectivity index (χ1) is 11.3. The lowest BCUT2D eigenvalue weighted by Gasteiger charge is -2.17. The van der Waals surface area contributed by atoms with Gasteiger partial charge in [-0.2, -0.15) is 5.10 Å². The van der Waals surface area contributed by atoms with Gasteiger partial charge in [0, 0.05) is 24.8 Å². The fraction of sp³-hybridized carbons (Fsp3) is 0.278. The summed E-state index contributed by atoms with van der Waals surface area (Å²) in [5.41, 5.74) is 4.05. The smallest absolute Gasteiger partial charge is 0.153 e. The molecular formula is C18H18N5. The van der Waals surface area contributed by atoms with Crippen molar-refractivity contribution in [3.8, 4) is 17.1 Å². The van der Waals surface area contributed by atoms with Gasteiger partial charge in [0.05, 0.1) is 30.0 Å². The molecule has 1 aliphatic heterocycles. The minimum absolute atomic E-state index is 0.801. The van der Waals surface area contributed by atoms with Crippen molar-refractivity contribution in [2.75, 3.05) is 18.0 Å². The van der Waals surface area contributed by atoms with E-state index in [9.17, 15) is 0 Å². The van der Waals surface area contributed by atoms with Crippen molar-refractivity contribution >= 4 is 5.69 Å². The zero-order chi connectivity index (χ0) is 15.6. The molecule has 1 saturated heterocycles. The van der Waals surface area contributed by atoms with Gasteiger partial charge in [0.15, 0.2) is 5.82 Å². The van der Waals surface area contributed by atoms with Crippen molar-refractivity contribution in [3.05, 3.63) is 54.6 Å². The van der Waals surface area contributed by atoms with Crippen molar-refractivity contribution < 1.29 is 0 Å². The molecule has 23 heavy (non-hydrogen) atoms. The van der Waals surface area contributed by atoms with Crippen LogP contribution in [0.15, 0.2) is 42.9 Å². The fourth-order valence-electron chi connectivity index (χ4n) is 2.90. The first-order valence-electron chi connectivity index (χ1n) is 7.91. The fourth-order valence-corrected chi connectivity index (χ4v) is 2.90. The number of hydrogen-bond donors (Lipinski definition) is 0. The largest absolute Gasteiger partial charge is 0.370 e. The highest BCUT2D eigenvalue weighted by atomic mass is 15.3. The van der Waals surface area contributed by atoms with Crippen molar-refractivity contribution in [2.24, 2.45) is 0 Å². The van der Waals surface area contributed by atoms with Gasteiger partial charge < -0.3 is 4.90 Å². The second-order valence-electron chi connectivity index (χ2n) is 5.89.